The number of rotatable bonds is 3. The number of carbonyl (C=O) groups is 1. The summed E-state index contributed by atoms with van der Waals surface area (Å²) in [5.41, 5.74) is 6.88. The summed E-state index contributed by atoms with van der Waals surface area (Å²) in [4.78, 5) is 12.3. The molecular weight excluding hydrogens is 285 g/mol. The first-order chi connectivity index (χ1) is 9.01. The maximum absolute atomic E-state index is 12.3. The molecule has 0 atom stereocenters. The van der Waals surface area contributed by atoms with Gasteiger partial charge in [-0.3, -0.25) is 4.79 Å². The zero-order chi connectivity index (χ0) is 14.0. The third-order valence-electron chi connectivity index (χ3n) is 2.60. The molecule has 0 fully saturated rings. The van der Waals surface area contributed by atoms with Crippen molar-refractivity contribution in [2.45, 2.75) is 0 Å². The summed E-state index contributed by atoms with van der Waals surface area (Å²) >= 11 is 12.0. The van der Waals surface area contributed by atoms with Crippen molar-refractivity contribution in [1.29, 1.82) is 0 Å². The molecule has 0 radical (unpaired) electrons. The number of carbonyl (C=O) groups excluding carboxylic acids is 1. The Morgan fingerprint density at radius 1 is 1.16 bits per heavy atom. The summed E-state index contributed by atoms with van der Waals surface area (Å²) in [6.45, 7) is 0. The van der Waals surface area contributed by atoms with Gasteiger partial charge < -0.3 is 10.5 Å². The molecule has 0 bridgehead atoms. The summed E-state index contributed by atoms with van der Waals surface area (Å²) in [5.74, 6) is 0.356. The predicted molar refractivity (Wildman–Crippen MR) is 77.3 cm³/mol. The first-order valence-electron chi connectivity index (χ1n) is 5.45. The Morgan fingerprint density at radius 2 is 1.89 bits per heavy atom. The second-order valence-corrected chi connectivity index (χ2v) is 4.79. The Labute approximate surface area is 120 Å². The zero-order valence-electron chi connectivity index (χ0n) is 10.1. The summed E-state index contributed by atoms with van der Waals surface area (Å²) in [5, 5.41) is 0.732. The first-order valence-corrected chi connectivity index (χ1v) is 6.21. The van der Waals surface area contributed by atoms with Crippen LogP contribution >= 0.6 is 23.2 Å². The molecule has 0 heterocycles. The van der Waals surface area contributed by atoms with E-state index >= 15 is 0 Å². The van der Waals surface area contributed by atoms with Crippen molar-refractivity contribution in [3.05, 3.63) is 57.6 Å². The van der Waals surface area contributed by atoms with Crippen LogP contribution in [0.25, 0.3) is 0 Å². The first kappa shape index (κ1) is 13.7. The fourth-order valence-corrected chi connectivity index (χ4v) is 2.21. The molecule has 0 aliphatic heterocycles. The van der Waals surface area contributed by atoms with Crippen LogP contribution in [0, 0.1) is 0 Å². The molecule has 0 amide bonds. The van der Waals surface area contributed by atoms with E-state index in [2.05, 4.69) is 0 Å². The van der Waals surface area contributed by atoms with E-state index in [1.807, 2.05) is 0 Å². The van der Waals surface area contributed by atoms with Crippen LogP contribution in [0.2, 0.25) is 10.0 Å². The zero-order valence-corrected chi connectivity index (χ0v) is 11.6. The van der Waals surface area contributed by atoms with Crippen molar-refractivity contribution >= 4 is 34.7 Å². The van der Waals surface area contributed by atoms with Crippen LogP contribution < -0.4 is 10.5 Å². The van der Waals surface area contributed by atoms with Crippen molar-refractivity contribution < 1.29 is 9.53 Å². The largest absolute Gasteiger partial charge is 0.497 e. The number of hydrogen-bond acceptors (Lipinski definition) is 3. The molecule has 0 aliphatic carbocycles. The number of ketones is 1. The normalized spacial score (nSPS) is 10.3. The number of ether oxygens (including phenoxy) is 1. The maximum Gasteiger partial charge on any atom is 0.194 e. The molecular formula is C14H11Cl2NO2. The van der Waals surface area contributed by atoms with Gasteiger partial charge in [0.05, 0.1) is 12.1 Å². The summed E-state index contributed by atoms with van der Waals surface area (Å²) in [7, 11) is 1.53. The molecule has 2 rings (SSSR count). The lowest BCUT2D eigenvalue weighted by molar-refractivity contribution is 0.103. The van der Waals surface area contributed by atoms with Crippen LogP contribution in [0.3, 0.4) is 0 Å². The van der Waals surface area contributed by atoms with Crippen LogP contribution in [0.1, 0.15) is 15.9 Å². The van der Waals surface area contributed by atoms with Crippen LogP contribution in [0.15, 0.2) is 36.4 Å². The van der Waals surface area contributed by atoms with Crippen molar-refractivity contribution in [3.8, 4) is 5.75 Å². The monoisotopic (exact) mass is 295 g/mol. The standard InChI is InChI=1S/C14H11Cl2NO2/c1-19-11-2-3-12(13(16)7-11)14(18)8-4-9(15)6-10(17)5-8/h2-7H,17H2,1H3. The predicted octanol–water partition coefficient (Wildman–Crippen LogP) is 3.82. The van der Waals surface area contributed by atoms with Gasteiger partial charge in [0.1, 0.15) is 5.75 Å². The Hall–Kier alpha value is -1.71. The number of benzene rings is 2. The third kappa shape index (κ3) is 3.00. The van der Waals surface area contributed by atoms with E-state index in [-0.39, 0.29) is 5.78 Å². The fourth-order valence-electron chi connectivity index (χ4n) is 1.71. The number of halogens is 2. The van der Waals surface area contributed by atoms with Gasteiger partial charge in [-0.1, -0.05) is 23.2 Å². The number of nitrogen functional groups attached to an aromatic ring is 1. The minimum atomic E-state index is -0.234. The van der Waals surface area contributed by atoms with Gasteiger partial charge in [0.15, 0.2) is 5.78 Å². The van der Waals surface area contributed by atoms with E-state index in [4.69, 9.17) is 33.7 Å². The molecule has 19 heavy (non-hydrogen) atoms. The smallest absolute Gasteiger partial charge is 0.194 e. The molecule has 2 aromatic carbocycles. The molecule has 98 valence electrons. The van der Waals surface area contributed by atoms with E-state index in [1.165, 1.54) is 7.11 Å². The fraction of sp³-hybridized carbons (Fsp3) is 0.0714. The highest BCUT2D eigenvalue weighted by Crippen LogP contribution is 2.26. The quantitative estimate of drug-likeness (QED) is 0.692. The highest BCUT2D eigenvalue weighted by molar-refractivity contribution is 6.35. The molecule has 0 unspecified atom stereocenters. The van der Waals surface area contributed by atoms with Gasteiger partial charge in [-0.2, -0.15) is 0 Å². The summed E-state index contributed by atoms with van der Waals surface area (Å²) < 4.78 is 5.04. The second kappa shape index (κ2) is 5.51. The molecule has 0 spiro atoms. The van der Waals surface area contributed by atoms with Crippen LogP contribution in [-0.2, 0) is 0 Å². The van der Waals surface area contributed by atoms with Crippen LogP contribution in [0.5, 0.6) is 5.75 Å². The number of nitrogens with two attached hydrogens (primary N) is 1. The third-order valence-corrected chi connectivity index (χ3v) is 3.13. The lowest BCUT2D eigenvalue weighted by Crippen LogP contribution is -2.03. The van der Waals surface area contributed by atoms with Crippen LogP contribution in [0.4, 0.5) is 5.69 Å². The van der Waals surface area contributed by atoms with Crippen molar-refractivity contribution in [2.75, 3.05) is 12.8 Å². The molecule has 0 saturated carbocycles. The van der Waals surface area contributed by atoms with E-state index in [9.17, 15) is 4.79 Å². The number of hydrogen-bond donors (Lipinski definition) is 1. The second-order valence-electron chi connectivity index (χ2n) is 3.95. The van der Waals surface area contributed by atoms with E-state index in [0.717, 1.165) is 0 Å². The minimum absolute atomic E-state index is 0.234. The molecule has 0 aliphatic rings. The SMILES string of the molecule is COc1ccc(C(=O)c2cc(N)cc(Cl)c2)c(Cl)c1. The van der Waals surface area contributed by atoms with Crippen molar-refractivity contribution in [2.24, 2.45) is 0 Å². The molecule has 2 aromatic rings. The van der Waals surface area contributed by atoms with Gasteiger partial charge >= 0.3 is 0 Å². The van der Waals surface area contributed by atoms with Crippen molar-refractivity contribution in [1.82, 2.24) is 0 Å². The van der Waals surface area contributed by atoms with E-state index < -0.39 is 0 Å². The van der Waals surface area contributed by atoms with Gasteiger partial charge in [-0.15, -0.1) is 0 Å². The molecule has 0 saturated heterocycles. The van der Waals surface area contributed by atoms with E-state index in [0.29, 0.717) is 32.6 Å². The van der Waals surface area contributed by atoms with E-state index in [1.54, 1.807) is 36.4 Å². The Bertz CT molecular complexity index is 621. The Balaban J connectivity index is 2.44. The molecule has 5 heteroatoms. The maximum atomic E-state index is 12.3. The average Bonchev–Trinajstić information content (AvgIpc) is 2.36. The summed E-state index contributed by atoms with van der Waals surface area (Å²) in [6, 6.07) is 9.57. The van der Waals surface area contributed by atoms with Gasteiger partial charge in [0.2, 0.25) is 0 Å². The summed E-state index contributed by atoms with van der Waals surface area (Å²) in [6.07, 6.45) is 0. The van der Waals surface area contributed by atoms with Gasteiger partial charge in [-0.25, -0.2) is 0 Å². The highest BCUT2D eigenvalue weighted by Gasteiger charge is 2.14. The topological polar surface area (TPSA) is 52.3 Å². The Morgan fingerprint density at radius 3 is 2.47 bits per heavy atom. The average molecular weight is 296 g/mol. The van der Waals surface area contributed by atoms with Gasteiger partial charge in [0.25, 0.3) is 0 Å². The van der Waals surface area contributed by atoms with Crippen LogP contribution in [-0.4, -0.2) is 12.9 Å². The minimum Gasteiger partial charge on any atom is -0.497 e. The lowest BCUT2D eigenvalue weighted by Gasteiger charge is -2.07. The van der Waals surface area contributed by atoms with Crippen molar-refractivity contribution in [3.63, 3.8) is 0 Å². The molecule has 3 nitrogen and oxygen atoms in total. The van der Waals surface area contributed by atoms with Gasteiger partial charge in [-0.05, 0) is 36.4 Å². The Kier molecular flexibility index (Phi) is 3.98. The van der Waals surface area contributed by atoms with Gasteiger partial charge in [0, 0.05) is 21.8 Å². The number of methoxy groups -OCH3 is 1. The lowest BCUT2D eigenvalue weighted by atomic mass is 10.0. The highest BCUT2D eigenvalue weighted by atomic mass is 35.5. The number of anilines is 1. The molecule has 0 aromatic heterocycles. The molecule has 2 N–H and O–H groups in total.